The van der Waals surface area contributed by atoms with Crippen molar-refractivity contribution in [2.24, 2.45) is 0 Å². The van der Waals surface area contributed by atoms with Gasteiger partial charge in [-0.25, -0.2) is 0 Å². The van der Waals surface area contributed by atoms with E-state index in [0.717, 1.165) is 19.4 Å². The molecule has 0 N–H and O–H groups in total. The first-order chi connectivity index (χ1) is 7.20. The van der Waals surface area contributed by atoms with Crippen LogP contribution in [0.3, 0.4) is 0 Å². The Morgan fingerprint density at radius 3 is 2.93 bits per heavy atom. The molecule has 0 unspecified atom stereocenters. The molecule has 3 nitrogen and oxygen atoms in total. The fraction of sp³-hybridized carbons (Fsp3) is 0.909. The van der Waals surface area contributed by atoms with Crippen molar-refractivity contribution in [3.05, 3.63) is 0 Å². The smallest absolute Gasteiger partial charge is 0.240 e. The molecule has 88 valence electrons. The molecule has 1 aliphatic rings. The molecule has 0 bridgehead atoms. The lowest BCUT2D eigenvalue weighted by molar-refractivity contribution is -0.135. The third-order valence-electron chi connectivity index (χ3n) is 2.90. The summed E-state index contributed by atoms with van der Waals surface area (Å²) in [5.41, 5.74) is 0. The molecule has 1 heterocycles. The number of nitrogens with zero attached hydrogens (tertiary/aromatic N) is 1. The molecule has 4 heteroatoms. The molecule has 1 saturated heterocycles. The highest BCUT2D eigenvalue weighted by atomic mass is 35.5. The van der Waals surface area contributed by atoms with E-state index in [1.165, 1.54) is 6.42 Å². The molecule has 0 spiro atoms. The van der Waals surface area contributed by atoms with E-state index in [4.69, 9.17) is 16.3 Å². The van der Waals surface area contributed by atoms with Crippen molar-refractivity contribution < 1.29 is 9.53 Å². The first-order valence-electron chi connectivity index (χ1n) is 5.64. The van der Waals surface area contributed by atoms with Gasteiger partial charge in [0, 0.05) is 13.7 Å². The van der Waals surface area contributed by atoms with E-state index in [0.29, 0.717) is 13.0 Å². The largest absolute Gasteiger partial charge is 0.383 e. The van der Waals surface area contributed by atoms with Crippen LogP contribution < -0.4 is 0 Å². The molecule has 0 radical (unpaired) electrons. The van der Waals surface area contributed by atoms with Crippen LogP contribution in [-0.4, -0.2) is 42.5 Å². The summed E-state index contributed by atoms with van der Waals surface area (Å²) < 4.78 is 5.14. The van der Waals surface area contributed by atoms with Crippen LogP contribution in [-0.2, 0) is 9.53 Å². The number of carbonyl (C=O) groups is 1. The molecule has 0 aromatic rings. The van der Waals surface area contributed by atoms with E-state index in [1.807, 2.05) is 11.8 Å². The van der Waals surface area contributed by atoms with Gasteiger partial charge in [-0.2, -0.15) is 0 Å². The third-order valence-corrected chi connectivity index (χ3v) is 3.39. The van der Waals surface area contributed by atoms with Gasteiger partial charge in [-0.05, 0) is 25.7 Å². The Morgan fingerprint density at radius 1 is 1.60 bits per heavy atom. The van der Waals surface area contributed by atoms with Crippen molar-refractivity contribution in [3.63, 3.8) is 0 Å². The number of piperidine rings is 1. The second-order valence-electron chi connectivity index (χ2n) is 4.01. The van der Waals surface area contributed by atoms with Crippen molar-refractivity contribution in [2.45, 2.75) is 44.0 Å². The highest BCUT2D eigenvalue weighted by Gasteiger charge is 2.29. The molecule has 1 amide bonds. The van der Waals surface area contributed by atoms with Gasteiger partial charge >= 0.3 is 0 Å². The van der Waals surface area contributed by atoms with Crippen molar-refractivity contribution >= 4 is 17.5 Å². The average Bonchev–Trinajstić information content (AvgIpc) is 2.28. The highest BCUT2D eigenvalue weighted by molar-refractivity contribution is 6.30. The maximum absolute atomic E-state index is 12.0. The van der Waals surface area contributed by atoms with Crippen LogP contribution in [0, 0.1) is 0 Å². The lowest BCUT2D eigenvalue weighted by atomic mass is 10.0. The number of likely N-dealkylation sites (tertiary alicyclic amines) is 1. The lowest BCUT2D eigenvalue weighted by Gasteiger charge is -2.36. The van der Waals surface area contributed by atoms with Crippen molar-refractivity contribution in [1.82, 2.24) is 4.90 Å². The maximum Gasteiger partial charge on any atom is 0.240 e. The fourth-order valence-electron chi connectivity index (χ4n) is 2.01. The van der Waals surface area contributed by atoms with E-state index >= 15 is 0 Å². The number of amides is 1. The second kappa shape index (κ2) is 6.33. The first-order valence-corrected chi connectivity index (χ1v) is 6.07. The normalized spacial score (nSPS) is 23.9. The standard InChI is InChI=1S/C11H20ClNO2/c1-3-10(12)11(14)13-7-5-4-6-9(13)8-15-2/h9-10H,3-8H2,1-2H3/t9-,10-/m0/s1. The predicted molar refractivity (Wildman–Crippen MR) is 61.2 cm³/mol. The van der Waals surface area contributed by atoms with E-state index in [-0.39, 0.29) is 17.3 Å². The summed E-state index contributed by atoms with van der Waals surface area (Å²) in [6, 6.07) is 0.226. The fourth-order valence-corrected chi connectivity index (χ4v) is 2.14. The summed E-state index contributed by atoms with van der Waals surface area (Å²) in [4.78, 5) is 13.8. The van der Waals surface area contributed by atoms with Crippen LogP contribution in [0.25, 0.3) is 0 Å². The number of alkyl halides is 1. The van der Waals surface area contributed by atoms with Gasteiger partial charge in [0.25, 0.3) is 0 Å². The zero-order valence-corrected chi connectivity index (χ0v) is 10.3. The lowest BCUT2D eigenvalue weighted by Crippen LogP contribution is -2.48. The summed E-state index contributed by atoms with van der Waals surface area (Å²) in [6.45, 7) is 3.39. The van der Waals surface area contributed by atoms with Gasteiger partial charge in [-0.1, -0.05) is 6.92 Å². The minimum atomic E-state index is -0.373. The molecule has 0 aromatic carbocycles. The van der Waals surface area contributed by atoms with Crippen LogP contribution in [0.4, 0.5) is 0 Å². The zero-order chi connectivity index (χ0) is 11.3. The number of ether oxygens (including phenoxy) is 1. The monoisotopic (exact) mass is 233 g/mol. The van der Waals surface area contributed by atoms with E-state index < -0.39 is 0 Å². The van der Waals surface area contributed by atoms with E-state index in [1.54, 1.807) is 7.11 Å². The van der Waals surface area contributed by atoms with Gasteiger partial charge in [0.05, 0.1) is 12.6 Å². The molecular formula is C11H20ClNO2. The minimum Gasteiger partial charge on any atom is -0.383 e. The van der Waals surface area contributed by atoms with Crippen LogP contribution in [0.1, 0.15) is 32.6 Å². The first kappa shape index (κ1) is 12.8. The summed E-state index contributed by atoms with van der Waals surface area (Å²) in [7, 11) is 1.68. The molecular weight excluding hydrogens is 214 g/mol. The number of hydrogen-bond donors (Lipinski definition) is 0. The topological polar surface area (TPSA) is 29.5 Å². The summed E-state index contributed by atoms with van der Waals surface area (Å²) in [5.74, 6) is 0.0703. The Labute approximate surface area is 96.7 Å². The molecule has 2 atom stereocenters. The van der Waals surface area contributed by atoms with Crippen molar-refractivity contribution in [2.75, 3.05) is 20.3 Å². The maximum atomic E-state index is 12.0. The number of halogens is 1. The van der Waals surface area contributed by atoms with Gasteiger partial charge in [0.2, 0.25) is 5.91 Å². The van der Waals surface area contributed by atoms with Crippen LogP contribution >= 0.6 is 11.6 Å². The Balaban J connectivity index is 2.58. The number of hydrogen-bond acceptors (Lipinski definition) is 2. The number of methoxy groups -OCH3 is 1. The number of carbonyl (C=O) groups excluding carboxylic acids is 1. The molecule has 0 aliphatic carbocycles. The Hall–Kier alpha value is -0.280. The number of rotatable bonds is 4. The van der Waals surface area contributed by atoms with Gasteiger partial charge < -0.3 is 9.64 Å². The molecule has 0 saturated carbocycles. The molecule has 0 aromatic heterocycles. The van der Waals surface area contributed by atoms with Crippen molar-refractivity contribution in [3.8, 4) is 0 Å². The highest BCUT2D eigenvalue weighted by Crippen LogP contribution is 2.20. The van der Waals surface area contributed by atoms with Gasteiger partial charge in [-0.3, -0.25) is 4.79 Å². The van der Waals surface area contributed by atoms with Gasteiger partial charge in [0.15, 0.2) is 0 Å². The van der Waals surface area contributed by atoms with Crippen molar-refractivity contribution in [1.29, 1.82) is 0 Å². The zero-order valence-electron chi connectivity index (χ0n) is 9.54. The quantitative estimate of drug-likeness (QED) is 0.696. The van der Waals surface area contributed by atoms with Crippen LogP contribution in [0.2, 0.25) is 0 Å². The Bertz CT molecular complexity index is 209. The Morgan fingerprint density at radius 2 is 2.33 bits per heavy atom. The molecule has 1 fully saturated rings. The Kier molecular flexibility index (Phi) is 5.40. The van der Waals surface area contributed by atoms with Crippen LogP contribution in [0.15, 0.2) is 0 Å². The van der Waals surface area contributed by atoms with E-state index in [2.05, 4.69) is 0 Å². The minimum absolute atomic E-state index is 0.0703. The van der Waals surface area contributed by atoms with Crippen LogP contribution in [0.5, 0.6) is 0 Å². The van der Waals surface area contributed by atoms with E-state index in [9.17, 15) is 4.79 Å². The van der Waals surface area contributed by atoms with Gasteiger partial charge in [0.1, 0.15) is 5.38 Å². The average molecular weight is 234 g/mol. The molecule has 1 rings (SSSR count). The summed E-state index contributed by atoms with van der Waals surface area (Å²) in [6.07, 6.45) is 3.99. The summed E-state index contributed by atoms with van der Waals surface area (Å²) in [5, 5.41) is -0.373. The molecule has 1 aliphatic heterocycles. The SMILES string of the molecule is CC[C@H](Cl)C(=O)N1CCCC[C@H]1COC. The summed E-state index contributed by atoms with van der Waals surface area (Å²) >= 11 is 5.98. The molecule has 15 heavy (non-hydrogen) atoms. The van der Waals surface area contributed by atoms with Gasteiger partial charge in [-0.15, -0.1) is 11.6 Å². The third kappa shape index (κ3) is 3.35. The second-order valence-corrected chi connectivity index (χ2v) is 4.54. The predicted octanol–water partition coefficient (Wildman–Crippen LogP) is 2.03.